The topological polar surface area (TPSA) is 78.3 Å². The molecular formula is C24H27FN4O3S. The van der Waals surface area contributed by atoms with Crippen LogP contribution in [0.5, 0.6) is 5.75 Å². The van der Waals surface area contributed by atoms with E-state index in [2.05, 4.69) is 15.5 Å². The Balaban J connectivity index is 1.38. The molecular weight excluding hydrogens is 443 g/mol. The van der Waals surface area contributed by atoms with Crippen molar-refractivity contribution in [2.75, 3.05) is 26.0 Å². The van der Waals surface area contributed by atoms with E-state index in [0.29, 0.717) is 24.7 Å². The third-order valence-electron chi connectivity index (χ3n) is 5.46. The maximum absolute atomic E-state index is 13.0. The normalized spacial score (nSPS) is 15.5. The van der Waals surface area contributed by atoms with Crippen molar-refractivity contribution in [2.45, 2.75) is 37.1 Å². The van der Waals surface area contributed by atoms with Crippen molar-refractivity contribution < 1.29 is 18.7 Å². The van der Waals surface area contributed by atoms with Gasteiger partial charge in [0.05, 0.1) is 25.5 Å². The minimum Gasteiger partial charge on any atom is -0.497 e. The monoisotopic (exact) mass is 470 g/mol. The summed E-state index contributed by atoms with van der Waals surface area (Å²) in [6, 6.07) is 14.0. The van der Waals surface area contributed by atoms with E-state index in [9.17, 15) is 9.18 Å². The van der Waals surface area contributed by atoms with Crippen molar-refractivity contribution in [1.82, 2.24) is 20.1 Å². The van der Waals surface area contributed by atoms with Gasteiger partial charge in [-0.15, -0.1) is 10.2 Å². The van der Waals surface area contributed by atoms with Gasteiger partial charge in [0.25, 0.3) is 0 Å². The zero-order valence-electron chi connectivity index (χ0n) is 18.5. The third-order valence-corrected chi connectivity index (χ3v) is 6.42. The van der Waals surface area contributed by atoms with Crippen LogP contribution < -0.4 is 10.1 Å². The minimum atomic E-state index is -0.264. The molecule has 0 saturated carbocycles. The number of nitrogens with zero attached hydrogens (tertiary/aromatic N) is 3. The Hall–Kier alpha value is -2.91. The molecule has 2 heterocycles. The summed E-state index contributed by atoms with van der Waals surface area (Å²) in [7, 11) is 1.63. The van der Waals surface area contributed by atoms with Gasteiger partial charge in [0, 0.05) is 18.7 Å². The van der Waals surface area contributed by atoms with E-state index in [4.69, 9.17) is 9.47 Å². The second-order valence-corrected chi connectivity index (χ2v) is 8.74. The van der Waals surface area contributed by atoms with Crippen LogP contribution in [0.15, 0.2) is 53.7 Å². The molecule has 1 unspecified atom stereocenters. The van der Waals surface area contributed by atoms with Gasteiger partial charge in [-0.25, -0.2) is 4.39 Å². The number of nitrogens with one attached hydrogen (secondary N) is 1. The lowest BCUT2D eigenvalue weighted by atomic mass is 10.1. The Morgan fingerprint density at radius 2 is 2.00 bits per heavy atom. The molecule has 1 atom stereocenters. The van der Waals surface area contributed by atoms with Gasteiger partial charge in [-0.3, -0.25) is 9.36 Å². The number of amides is 1. The number of carbonyl (C=O) groups excluding carboxylic acids is 1. The molecule has 0 radical (unpaired) electrons. The lowest BCUT2D eigenvalue weighted by molar-refractivity contribution is -0.118. The first-order chi connectivity index (χ1) is 16.1. The number of methoxy groups -OCH3 is 1. The second kappa shape index (κ2) is 11.3. The summed E-state index contributed by atoms with van der Waals surface area (Å²) in [5, 5.41) is 12.4. The molecule has 1 aliphatic rings. The first kappa shape index (κ1) is 23.3. The van der Waals surface area contributed by atoms with Crippen molar-refractivity contribution in [1.29, 1.82) is 0 Å². The lowest BCUT2D eigenvalue weighted by Gasteiger charge is -2.15. The van der Waals surface area contributed by atoms with Crippen LogP contribution in [0.1, 0.15) is 18.4 Å². The fourth-order valence-corrected chi connectivity index (χ4v) is 4.46. The number of ether oxygens (including phenoxy) is 2. The van der Waals surface area contributed by atoms with E-state index in [1.54, 1.807) is 19.2 Å². The molecule has 0 spiro atoms. The highest BCUT2D eigenvalue weighted by atomic mass is 32.2. The molecule has 1 aliphatic heterocycles. The predicted octanol–water partition coefficient (Wildman–Crippen LogP) is 3.72. The SMILES string of the molecule is COc1ccc(-c2nnc(SCC(=O)NCCc3ccc(F)cc3)n2CC2CCCO2)cc1. The average molecular weight is 471 g/mol. The minimum absolute atomic E-state index is 0.0835. The second-order valence-electron chi connectivity index (χ2n) is 7.80. The van der Waals surface area contributed by atoms with Gasteiger partial charge in [-0.2, -0.15) is 0 Å². The molecule has 1 fully saturated rings. The molecule has 3 aromatic rings. The van der Waals surface area contributed by atoms with E-state index >= 15 is 0 Å². The molecule has 1 N–H and O–H groups in total. The number of aromatic nitrogens is 3. The smallest absolute Gasteiger partial charge is 0.230 e. The van der Waals surface area contributed by atoms with Gasteiger partial charge >= 0.3 is 0 Å². The highest BCUT2D eigenvalue weighted by Crippen LogP contribution is 2.27. The maximum atomic E-state index is 13.0. The Labute approximate surface area is 196 Å². The van der Waals surface area contributed by atoms with Crippen LogP contribution >= 0.6 is 11.8 Å². The molecule has 33 heavy (non-hydrogen) atoms. The van der Waals surface area contributed by atoms with Gasteiger partial charge in [-0.05, 0) is 61.2 Å². The van der Waals surface area contributed by atoms with Crippen LogP contribution in [-0.2, 0) is 22.5 Å². The number of benzene rings is 2. The average Bonchev–Trinajstić information content (AvgIpc) is 3.49. The number of halogens is 1. The highest BCUT2D eigenvalue weighted by Gasteiger charge is 2.22. The summed E-state index contributed by atoms with van der Waals surface area (Å²) >= 11 is 1.36. The first-order valence-corrected chi connectivity index (χ1v) is 11.9. The van der Waals surface area contributed by atoms with Crippen molar-refractivity contribution in [3.63, 3.8) is 0 Å². The summed E-state index contributed by atoms with van der Waals surface area (Å²) in [6.07, 6.45) is 2.80. The van der Waals surface area contributed by atoms with Gasteiger partial charge in [0.15, 0.2) is 11.0 Å². The van der Waals surface area contributed by atoms with Gasteiger partial charge in [0.2, 0.25) is 5.91 Å². The van der Waals surface area contributed by atoms with Crippen LogP contribution in [0.3, 0.4) is 0 Å². The van der Waals surface area contributed by atoms with E-state index < -0.39 is 0 Å². The summed E-state index contributed by atoms with van der Waals surface area (Å²) < 4.78 is 26.1. The standard InChI is InChI=1S/C24H27FN4O3S/c1-31-20-10-6-18(7-11-20)23-27-28-24(29(23)15-21-3-2-14-32-21)33-16-22(30)26-13-12-17-4-8-19(25)9-5-17/h4-11,21H,2-3,12-16H2,1H3,(H,26,30). The quantitative estimate of drug-likeness (QED) is 0.455. The van der Waals surface area contributed by atoms with Crippen molar-refractivity contribution in [3.8, 4) is 17.1 Å². The number of carbonyl (C=O) groups is 1. The van der Waals surface area contributed by atoms with Crippen LogP contribution in [0, 0.1) is 5.82 Å². The first-order valence-electron chi connectivity index (χ1n) is 11.0. The predicted molar refractivity (Wildman–Crippen MR) is 125 cm³/mol. The molecule has 2 aromatic carbocycles. The Morgan fingerprint density at radius 1 is 1.21 bits per heavy atom. The molecule has 0 bridgehead atoms. The van der Waals surface area contributed by atoms with Crippen LogP contribution in [0.25, 0.3) is 11.4 Å². The van der Waals surface area contributed by atoms with E-state index in [1.165, 1.54) is 23.9 Å². The van der Waals surface area contributed by atoms with Crippen molar-refractivity contribution >= 4 is 17.7 Å². The van der Waals surface area contributed by atoms with Gasteiger partial charge in [0.1, 0.15) is 11.6 Å². The number of rotatable bonds is 10. The number of hydrogen-bond donors (Lipinski definition) is 1. The van der Waals surface area contributed by atoms with Crippen LogP contribution in [-0.4, -0.2) is 52.8 Å². The van der Waals surface area contributed by atoms with E-state index in [0.717, 1.165) is 42.1 Å². The Bertz CT molecular complexity index is 1050. The zero-order valence-corrected chi connectivity index (χ0v) is 19.3. The Morgan fingerprint density at radius 3 is 2.70 bits per heavy atom. The maximum Gasteiger partial charge on any atom is 0.230 e. The number of hydrogen-bond acceptors (Lipinski definition) is 6. The Kier molecular flexibility index (Phi) is 7.96. The number of thioether (sulfide) groups is 1. The molecule has 7 nitrogen and oxygen atoms in total. The molecule has 0 aliphatic carbocycles. The summed E-state index contributed by atoms with van der Waals surface area (Å²) in [6.45, 7) is 1.90. The molecule has 1 saturated heterocycles. The van der Waals surface area contributed by atoms with Crippen LogP contribution in [0.2, 0.25) is 0 Å². The van der Waals surface area contributed by atoms with Gasteiger partial charge in [-0.1, -0.05) is 23.9 Å². The summed E-state index contributed by atoms with van der Waals surface area (Å²) in [5.74, 6) is 1.40. The zero-order chi connectivity index (χ0) is 23.0. The molecule has 1 aromatic heterocycles. The lowest BCUT2D eigenvalue weighted by Crippen LogP contribution is -2.27. The molecule has 4 rings (SSSR count). The van der Waals surface area contributed by atoms with E-state index in [1.807, 2.05) is 28.8 Å². The highest BCUT2D eigenvalue weighted by molar-refractivity contribution is 7.99. The summed E-state index contributed by atoms with van der Waals surface area (Å²) in [4.78, 5) is 12.4. The van der Waals surface area contributed by atoms with Crippen molar-refractivity contribution in [2.24, 2.45) is 0 Å². The molecule has 1 amide bonds. The molecule has 9 heteroatoms. The summed E-state index contributed by atoms with van der Waals surface area (Å²) in [5.41, 5.74) is 1.90. The van der Waals surface area contributed by atoms with E-state index in [-0.39, 0.29) is 23.6 Å². The van der Waals surface area contributed by atoms with Crippen LogP contribution in [0.4, 0.5) is 4.39 Å². The fourth-order valence-electron chi connectivity index (χ4n) is 3.68. The van der Waals surface area contributed by atoms with Crippen molar-refractivity contribution in [3.05, 3.63) is 59.9 Å². The largest absolute Gasteiger partial charge is 0.497 e. The molecule has 174 valence electrons. The fraction of sp³-hybridized carbons (Fsp3) is 0.375. The third kappa shape index (κ3) is 6.33. The van der Waals surface area contributed by atoms with Gasteiger partial charge < -0.3 is 14.8 Å².